The van der Waals surface area contributed by atoms with Crippen LogP contribution in [0.5, 0.6) is 28.7 Å². The number of para-hydroxylation sites is 1. The van der Waals surface area contributed by atoms with Gasteiger partial charge in [-0.1, -0.05) is 18.2 Å². The lowest BCUT2D eigenvalue weighted by atomic mass is 9.90. The lowest BCUT2D eigenvalue weighted by Crippen LogP contribution is -2.46. The summed E-state index contributed by atoms with van der Waals surface area (Å²) in [7, 11) is 12.1. The molecule has 1 aliphatic heterocycles. The van der Waals surface area contributed by atoms with E-state index in [1.54, 1.807) is 52.2 Å². The van der Waals surface area contributed by atoms with Gasteiger partial charge in [0.1, 0.15) is 4.75 Å². The van der Waals surface area contributed by atoms with Crippen molar-refractivity contribution in [3.63, 3.8) is 0 Å². The minimum Gasteiger partial charge on any atom is -0.493 e. The Morgan fingerprint density at radius 2 is 1.40 bits per heavy atom. The summed E-state index contributed by atoms with van der Waals surface area (Å²) in [5, 5.41) is 14.8. The average Bonchev–Trinajstić information content (AvgIpc) is 3.10. The summed E-state index contributed by atoms with van der Waals surface area (Å²) in [6.45, 7) is 1.79. The fourth-order valence-electron chi connectivity index (χ4n) is 5.47. The van der Waals surface area contributed by atoms with Gasteiger partial charge in [0.2, 0.25) is 11.7 Å². The molecule has 2 N–H and O–H groups in total. The van der Waals surface area contributed by atoms with Crippen LogP contribution in [0.4, 0.5) is 5.69 Å². The smallest absolute Gasteiger partial charge is 0.414 e. The first-order chi connectivity index (χ1) is 23.0. The highest BCUT2D eigenvalue weighted by atomic mass is 32.2. The predicted molar refractivity (Wildman–Crippen MR) is 183 cm³/mol. The van der Waals surface area contributed by atoms with E-state index in [0.717, 1.165) is 54.1 Å². The van der Waals surface area contributed by atoms with E-state index in [-0.39, 0.29) is 5.91 Å². The van der Waals surface area contributed by atoms with Crippen LogP contribution in [-0.4, -0.2) is 95.7 Å². The van der Waals surface area contributed by atoms with Crippen molar-refractivity contribution in [1.82, 2.24) is 4.90 Å². The number of aliphatic carboxylic acids is 2. The summed E-state index contributed by atoms with van der Waals surface area (Å²) < 4.78 is 26.8. The largest absolute Gasteiger partial charge is 0.493 e. The molecule has 13 heteroatoms. The van der Waals surface area contributed by atoms with Gasteiger partial charge in [0.05, 0.1) is 41.2 Å². The molecule has 1 unspecified atom stereocenters. The van der Waals surface area contributed by atoms with Gasteiger partial charge in [-0.25, -0.2) is 9.59 Å². The fourth-order valence-corrected chi connectivity index (χ4v) is 7.02. The van der Waals surface area contributed by atoms with Gasteiger partial charge in [0.25, 0.3) is 0 Å². The van der Waals surface area contributed by atoms with E-state index in [0.29, 0.717) is 35.2 Å². The number of rotatable bonds is 14. The Morgan fingerprint density at radius 3 is 1.96 bits per heavy atom. The van der Waals surface area contributed by atoms with Crippen molar-refractivity contribution in [2.24, 2.45) is 0 Å². The molecule has 48 heavy (non-hydrogen) atoms. The van der Waals surface area contributed by atoms with Crippen LogP contribution in [0.25, 0.3) is 0 Å². The number of carbonyl (C=O) groups is 3. The van der Waals surface area contributed by atoms with Crippen LogP contribution in [0, 0.1) is 0 Å². The molecule has 1 atom stereocenters. The SMILES string of the molecule is COc1ccc(C2(CCCCN(C)CCc3cc(OC)c(OC)c(OC)c3)Sc3ccccc3N(C)C2=O)cc1OC.O=C(O)C(=O)O. The number of unbranched alkanes of at least 4 members (excludes halogenated alkanes) is 1. The third kappa shape index (κ3) is 8.84. The number of ether oxygens (including phenoxy) is 5. The summed E-state index contributed by atoms with van der Waals surface area (Å²) in [6.07, 6.45) is 3.39. The minimum absolute atomic E-state index is 0.0779. The first-order valence-electron chi connectivity index (χ1n) is 15.2. The molecule has 0 spiro atoms. The second kappa shape index (κ2) is 17.5. The van der Waals surface area contributed by atoms with E-state index in [1.165, 1.54) is 0 Å². The van der Waals surface area contributed by atoms with Gasteiger partial charge in [0, 0.05) is 18.5 Å². The van der Waals surface area contributed by atoms with Gasteiger partial charge in [-0.05, 0) is 86.8 Å². The Kier molecular flexibility index (Phi) is 13.8. The highest BCUT2D eigenvalue weighted by Crippen LogP contribution is 2.54. The molecule has 1 heterocycles. The molecule has 0 radical (unpaired) electrons. The zero-order chi connectivity index (χ0) is 35.4. The summed E-state index contributed by atoms with van der Waals surface area (Å²) in [5.74, 6) is -0.377. The third-order valence-corrected chi connectivity index (χ3v) is 9.55. The van der Waals surface area contributed by atoms with E-state index < -0.39 is 16.7 Å². The Balaban J connectivity index is 0.000000952. The van der Waals surface area contributed by atoms with E-state index in [9.17, 15) is 4.79 Å². The van der Waals surface area contributed by atoms with Crippen molar-refractivity contribution in [2.75, 3.05) is 67.6 Å². The maximum absolute atomic E-state index is 14.1. The molecule has 260 valence electrons. The molecule has 0 fully saturated rings. The highest BCUT2D eigenvalue weighted by Gasteiger charge is 2.47. The van der Waals surface area contributed by atoms with Crippen molar-refractivity contribution in [3.8, 4) is 28.7 Å². The molecule has 0 saturated heterocycles. The third-order valence-electron chi connectivity index (χ3n) is 8.02. The molecule has 3 aromatic rings. The van der Waals surface area contributed by atoms with Gasteiger partial charge in [-0.2, -0.15) is 0 Å². The summed E-state index contributed by atoms with van der Waals surface area (Å²) in [5.41, 5.74) is 2.98. The maximum atomic E-state index is 14.1. The van der Waals surface area contributed by atoms with E-state index in [4.69, 9.17) is 43.5 Å². The molecule has 4 rings (SSSR count). The molecule has 0 aromatic heterocycles. The van der Waals surface area contributed by atoms with Gasteiger partial charge >= 0.3 is 11.9 Å². The minimum atomic E-state index is -1.82. The first-order valence-corrected chi connectivity index (χ1v) is 16.0. The van der Waals surface area contributed by atoms with Crippen molar-refractivity contribution >= 4 is 35.3 Å². The fraction of sp³-hybridized carbons (Fsp3) is 0.400. The van der Waals surface area contributed by atoms with Crippen molar-refractivity contribution < 1.29 is 48.3 Å². The number of hydrogen-bond acceptors (Lipinski definition) is 10. The van der Waals surface area contributed by atoms with Crippen LogP contribution >= 0.6 is 11.8 Å². The number of fused-ring (bicyclic) bond motifs is 1. The molecule has 0 aliphatic carbocycles. The predicted octanol–water partition coefficient (Wildman–Crippen LogP) is 5.19. The van der Waals surface area contributed by atoms with Crippen LogP contribution < -0.4 is 28.6 Å². The number of methoxy groups -OCH3 is 5. The number of carboxylic acid groups (broad SMARTS) is 2. The molecule has 0 saturated carbocycles. The Hall–Kier alpha value is -4.62. The highest BCUT2D eigenvalue weighted by molar-refractivity contribution is 8.01. The Morgan fingerprint density at radius 1 is 0.792 bits per heavy atom. The molecule has 0 bridgehead atoms. The number of carboxylic acids is 2. The topological polar surface area (TPSA) is 144 Å². The van der Waals surface area contributed by atoms with E-state index >= 15 is 0 Å². The average molecular weight is 685 g/mol. The summed E-state index contributed by atoms with van der Waals surface area (Å²) >= 11 is 1.64. The Bertz CT molecular complexity index is 1550. The number of carbonyl (C=O) groups excluding carboxylic acids is 1. The number of thioether (sulfide) groups is 1. The first kappa shape index (κ1) is 37.8. The molecule has 12 nitrogen and oxygen atoms in total. The van der Waals surface area contributed by atoms with Gasteiger partial charge in [-0.15, -0.1) is 11.8 Å². The molecular weight excluding hydrogens is 640 g/mol. The van der Waals surface area contributed by atoms with Crippen molar-refractivity contribution in [3.05, 3.63) is 65.7 Å². The number of amides is 1. The van der Waals surface area contributed by atoms with Gasteiger partial charge in [0.15, 0.2) is 23.0 Å². The van der Waals surface area contributed by atoms with E-state index in [1.807, 2.05) is 55.6 Å². The Labute approximate surface area is 285 Å². The van der Waals surface area contributed by atoms with Crippen LogP contribution in [-0.2, 0) is 25.6 Å². The zero-order valence-electron chi connectivity index (χ0n) is 28.4. The van der Waals surface area contributed by atoms with Crippen LogP contribution in [0.1, 0.15) is 30.4 Å². The number of benzene rings is 3. The summed E-state index contributed by atoms with van der Waals surface area (Å²) in [6, 6.07) is 17.9. The second-order valence-corrected chi connectivity index (χ2v) is 12.3. The van der Waals surface area contributed by atoms with Gasteiger partial charge < -0.3 is 43.7 Å². The van der Waals surface area contributed by atoms with E-state index in [2.05, 4.69) is 18.0 Å². The number of nitrogens with zero attached hydrogens (tertiary/aromatic N) is 2. The zero-order valence-corrected chi connectivity index (χ0v) is 29.2. The molecule has 3 aromatic carbocycles. The lowest BCUT2D eigenvalue weighted by molar-refractivity contribution is -0.159. The number of hydrogen-bond donors (Lipinski definition) is 2. The monoisotopic (exact) mass is 684 g/mol. The molecular formula is C35H44N2O10S. The maximum Gasteiger partial charge on any atom is 0.414 e. The van der Waals surface area contributed by atoms with Gasteiger partial charge in [-0.3, -0.25) is 4.79 Å². The van der Waals surface area contributed by atoms with Crippen molar-refractivity contribution in [2.45, 2.75) is 35.3 Å². The molecule has 1 aliphatic rings. The van der Waals surface area contributed by atoms with Crippen LogP contribution in [0.2, 0.25) is 0 Å². The number of likely N-dealkylation sites (N-methyl/N-ethyl adjacent to an activating group) is 2. The lowest BCUT2D eigenvalue weighted by Gasteiger charge is -2.41. The number of anilines is 1. The summed E-state index contributed by atoms with van der Waals surface area (Å²) in [4.78, 5) is 37.5. The van der Waals surface area contributed by atoms with Crippen LogP contribution in [0.3, 0.4) is 0 Å². The normalized spacial score (nSPS) is 15.2. The molecule has 1 amide bonds. The van der Waals surface area contributed by atoms with Crippen molar-refractivity contribution in [1.29, 1.82) is 0 Å². The quantitative estimate of drug-likeness (QED) is 0.170. The van der Waals surface area contributed by atoms with Crippen LogP contribution in [0.15, 0.2) is 59.5 Å². The standard InChI is InChI=1S/C33H42N2O6S.C2H2O4/c1-34(19-16-23-20-28(39-5)31(41-7)29(21-23)40-6)18-11-10-17-33(24-14-15-26(37-3)27(22-24)38-4)32(36)35(2)25-12-8-9-13-30(25)42-33;3-1(4)2(5)6/h8-9,12-15,20-22H,10-11,16-19H2,1-7H3;(H,3,4)(H,5,6). The second-order valence-electron chi connectivity index (χ2n) is 11.0.